The van der Waals surface area contributed by atoms with Crippen LogP contribution in [0.2, 0.25) is 0 Å². The molecule has 1 fully saturated rings. The second-order valence-corrected chi connectivity index (χ2v) is 4.61. The molecule has 0 unspecified atom stereocenters. The van der Waals surface area contributed by atoms with Crippen molar-refractivity contribution in [1.29, 1.82) is 0 Å². The molecule has 1 aromatic heterocycles. The van der Waals surface area contributed by atoms with Crippen molar-refractivity contribution in [3.8, 4) is 0 Å². The number of ether oxygens (including phenoxy) is 1. The van der Waals surface area contributed by atoms with Gasteiger partial charge in [-0.1, -0.05) is 0 Å². The van der Waals surface area contributed by atoms with Crippen LogP contribution in [0.25, 0.3) is 0 Å². The summed E-state index contributed by atoms with van der Waals surface area (Å²) in [5, 5.41) is 0. The quantitative estimate of drug-likeness (QED) is 0.857. The molecule has 0 atom stereocenters. The maximum Gasteiger partial charge on any atom is 0.0772 e. The van der Waals surface area contributed by atoms with Crippen LogP contribution in [-0.2, 0) is 11.3 Å². The lowest BCUT2D eigenvalue weighted by atomic mass is 9.99. The minimum Gasteiger partial charge on any atom is -0.381 e. The SMILES string of the molecule is CN(CC1CCOCC1)c1cccnc1CN. The molecule has 1 aliphatic rings. The molecule has 2 N–H and O–H groups in total. The average Bonchev–Trinajstić information content (AvgIpc) is 2.40. The number of pyridine rings is 1. The highest BCUT2D eigenvalue weighted by Gasteiger charge is 2.17. The molecule has 4 nitrogen and oxygen atoms in total. The number of nitrogens with zero attached hydrogens (tertiary/aromatic N) is 2. The molecular weight excluding hydrogens is 214 g/mol. The predicted molar refractivity (Wildman–Crippen MR) is 68.9 cm³/mol. The highest BCUT2D eigenvalue weighted by Crippen LogP contribution is 2.21. The van der Waals surface area contributed by atoms with Crippen LogP contribution in [0, 0.1) is 5.92 Å². The third kappa shape index (κ3) is 3.17. The molecule has 0 bridgehead atoms. The fourth-order valence-corrected chi connectivity index (χ4v) is 2.35. The van der Waals surface area contributed by atoms with Gasteiger partial charge < -0.3 is 15.4 Å². The maximum atomic E-state index is 5.71. The van der Waals surface area contributed by atoms with Crippen LogP contribution >= 0.6 is 0 Å². The summed E-state index contributed by atoms with van der Waals surface area (Å²) in [4.78, 5) is 6.59. The Morgan fingerprint density at radius 1 is 1.47 bits per heavy atom. The van der Waals surface area contributed by atoms with Gasteiger partial charge in [-0.2, -0.15) is 0 Å². The molecule has 0 amide bonds. The van der Waals surface area contributed by atoms with Crippen LogP contribution in [0.15, 0.2) is 18.3 Å². The van der Waals surface area contributed by atoms with Crippen molar-refractivity contribution in [3.63, 3.8) is 0 Å². The van der Waals surface area contributed by atoms with E-state index in [-0.39, 0.29) is 0 Å². The van der Waals surface area contributed by atoms with E-state index in [1.165, 1.54) is 0 Å². The van der Waals surface area contributed by atoms with Crippen LogP contribution in [0.4, 0.5) is 5.69 Å². The Hall–Kier alpha value is -1.13. The van der Waals surface area contributed by atoms with Gasteiger partial charge in [-0.05, 0) is 30.9 Å². The van der Waals surface area contributed by atoms with Crippen molar-refractivity contribution in [2.75, 3.05) is 31.7 Å². The summed E-state index contributed by atoms with van der Waals surface area (Å²) in [5.41, 5.74) is 7.84. The summed E-state index contributed by atoms with van der Waals surface area (Å²) >= 11 is 0. The number of nitrogens with two attached hydrogens (primary N) is 1. The van der Waals surface area contributed by atoms with Crippen molar-refractivity contribution in [2.45, 2.75) is 19.4 Å². The van der Waals surface area contributed by atoms with Crippen LogP contribution in [0.5, 0.6) is 0 Å². The molecule has 1 aromatic rings. The molecule has 1 aliphatic heterocycles. The summed E-state index contributed by atoms with van der Waals surface area (Å²) < 4.78 is 5.38. The Balaban J connectivity index is 2.00. The van der Waals surface area contributed by atoms with Gasteiger partial charge in [0.15, 0.2) is 0 Å². The first kappa shape index (κ1) is 12.3. The van der Waals surface area contributed by atoms with Crippen LogP contribution in [0.3, 0.4) is 0 Å². The van der Waals surface area contributed by atoms with Gasteiger partial charge >= 0.3 is 0 Å². The summed E-state index contributed by atoms with van der Waals surface area (Å²) in [5.74, 6) is 0.722. The lowest BCUT2D eigenvalue weighted by Crippen LogP contribution is -2.30. The highest BCUT2D eigenvalue weighted by atomic mass is 16.5. The second-order valence-electron chi connectivity index (χ2n) is 4.61. The maximum absolute atomic E-state index is 5.71. The van der Waals surface area contributed by atoms with Crippen molar-refractivity contribution in [2.24, 2.45) is 11.7 Å². The van der Waals surface area contributed by atoms with Gasteiger partial charge in [0.2, 0.25) is 0 Å². The Labute approximate surface area is 103 Å². The minimum atomic E-state index is 0.494. The second kappa shape index (κ2) is 5.98. The monoisotopic (exact) mass is 235 g/mol. The van der Waals surface area contributed by atoms with Crippen molar-refractivity contribution < 1.29 is 4.74 Å². The normalized spacial score (nSPS) is 17.1. The van der Waals surface area contributed by atoms with Crippen molar-refractivity contribution in [1.82, 2.24) is 4.98 Å². The van der Waals surface area contributed by atoms with Crippen LogP contribution in [0.1, 0.15) is 18.5 Å². The first-order valence-corrected chi connectivity index (χ1v) is 6.24. The smallest absolute Gasteiger partial charge is 0.0772 e. The molecule has 17 heavy (non-hydrogen) atoms. The third-order valence-corrected chi connectivity index (χ3v) is 3.34. The Kier molecular flexibility index (Phi) is 4.34. The molecule has 1 saturated heterocycles. The molecule has 0 aliphatic carbocycles. The van der Waals surface area contributed by atoms with E-state index in [0.29, 0.717) is 6.54 Å². The van der Waals surface area contributed by atoms with Crippen LogP contribution in [-0.4, -0.2) is 31.8 Å². The zero-order chi connectivity index (χ0) is 12.1. The van der Waals surface area contributed by atoms with Gasteiger partial charge in [0.25, 0.3) is 0 Å². The van der Waals surface area contributed by atoms with E-state index in [9.17, 15) is 0 Å². The van der Waals surface area contributed by atoms with Gasteiger partial charge in [0.05, 0.1) is 11.4 Å². The Bertz CT molecular complexity index is 350. The Morgan fingerprint density at radius 3 is 2.94 bits per heavy atom. The molecule has 94 valence electrons. The first-order chi connectivity index (χ1) is 8.31. The fourth-order valence-electron chi connectivity index (χ4n) is 2.35. The number of aromatic nitrogens is 1. The number of hydrogen-bond acceptors (Lipinski definition) is 4. The van der Waals surface area contributed by atoms with Gasteiger partial charge in [0, 0.05) is 39.5 Å². The molecule has 4 heteroatoms. The van der Waals surface area contributed by atoms with E-state index in [1.54, 1.807) is 6.20 Å². The summed E-state index contributed by atoms with van der Waals surface area (Å²) in [7, 11) is 2.12. The first-order valence-electron chi connectivity index (χ1n) is 6.24. The molecule has 2 rings (SSSR count). The van der Waals surface area contributed by atoms with Gasteiger partial charge in [-0.3, -0.25) is 4.98 Å². The molecule has 0 aromatic carbocycles. The van der Waals surface area contributed by atoms with Gasteiger partial charge in [-0.15, -0.1) is 0 Å². The van der Waals surface area contributed by atoms with Gasteiger partial charge in [0.1, 0.15) is 0 Å². The van der Waals surface area contributed by atoms with E-state index in [4.69, 9.17) is 10.5 Å². The lowest BCUT2D eigenvalue weighted by Gasteiger charge is -2.29. The average molecular weight is 235 g/mol. The van der Waals surface area contributed by atoms with E-state index >= 15 is 0 Å². The van der Waals surface area contributed by atoms with E-state index < -0.39 is 0 Å². The number of hydrogen-bond donors (Lipinski definition) is 1. The topological polar surface area (TPSA) is 51.4 Å². The zero-order valence-corrected chi connectivity index (χ0v) is 10.4. The Morgan fingerprint density at radius 2 is 2.24 bits per heavy atom. The summed E-state index contributed by atoms with van der Waals surface area (Å²) in [6.45, 7) is 3.35. The third-order valence-electron chi connectivity index (χ3n) is 3.34. The van der Waals surface area contributed by atoms with E-state index in [1.807, 2.05) is 6.07 Å². The standard InChI is InChI=1S/C13H21N3O/c1-16(10-11-4-7-17-8-5-11)13-3-2-6-15-12(13)9-14/h2-3,6,11H,4-5,7-10,14H2,1H3. The fraction of sp³-hybridized carbons (Fsp3) is 0.615. The molecule has 2 heterocycles. The number of anilines is 1. The van der Waals surface area contributed by atoms with E-state index in [2.05, 4.69) is 23.0 Å². The minimum absolute atomic E-state index is 0.494. The van der Waals surface area contributed by atoms with Crippen molar-refractivity contribution in [3.05, 3.63) is 24.0 Å². The summed E-state index contributed by atoms with van der Waals surface area (Å²) in [6, 6.07) is 4.06. The summed E-state index contributed by atoms with van der Waals surface area (Å²) in [6.07, 6.45) is 4.11. The largest absolute Gasteiger partial charge is 0.381 e. The van der Waals surface area contributed by atoms with Gasteiger partial charge in [-0.25, -0.2) is 0 Å². The number of rotatable bonds is 4. The zero-order valence-electron chi connectivity index (χ0n) is 10.4. The lowest BCUT2D eigenvalue weighted by molar-refractivity contribution is 0.0685. The van der Waals surface area contributed by atoms with Crippen LogP contribution < -0.4 is 10.6 Å². The molecular formula is C13H21N3O. The highest BCUT2D eigenvalue weighted by molar-refractivity contribution is 5.49. The van der Waals surface area contributed by atoms with Crippen molar-refractivity contribution >= 4 is 5.69 Å². The molecule has 0 spiro atoms. The predicted octanol–water partition coefficient (Wildman–Crippen LogP) is 1.40. The molecule has 0 radical (unpaired) electrons. The molecule has 0 saturated carbocycles. The van der Waals surface area contributed by atoms with E-state index in [0.717, 1.165) is 49.9 Å².